The van der Waals surface area contributed by atoms with Crippen LogP contribution in [0.2, 0.25) is 0 Å². The summed E-state index contributed by atoms with van der Waals surface area (Å²) in [6, 6.07) is 5.14. The zero-order valence-electron chi connectivity index (χ0n) is 13.7. The molecule has 7 nitrogen and oxygen atoms in total. The number of carbonyl (C=O) groups is 2. The minimum atomic E-state index is -0.917. The third kappa shape index (κ3) is 3.93. The number of benzene rings is 1. The highest BCUT2D eigenvalue weighted by molar-refractivity contribution is 5.94. The molecular weight excluding hydrogens is 346 g/mol. The predicted molar refractivity (Wildman–Crippen MR) is 87.6 cm³/mol. The predicted octanol–water partition coefficient (Wildman–Crippen LogP) is 1.08. The molecule has 1 saturated heterocycles. The van der Waals surface area contributed by atoms with E-state index >= 15 is 0 Å². The summed E-state index contributed by atoms with van der Waals surface area (Å²) in [6.45, 7) is 0.771. The summed E-state index contributed by atoms with van der Waals surface area (Å²) in [5, 5.41) is 8.62. The van der Waals surface area contributed by atoms with E-state index in [0.29, 0.717) is 32.0 Å². The average Bonchev–Trinajstić information content (AvgIpc) is 2.62. The van der Waals surface area contributed by atoms with E-state index < -0.39 is 23.1 Å². The van der Waals surface area contributed by atoms with Gasteiger partial charge in [0.25, 0.3) is 17.4 Å². The molecule has 1 aromatic heterocycles. The Bertz CT molecular complexity index is 871. The summed E-state index contributed by atoms with van der Waals surface area (Å²) in [7, 11) is 0. The van der Waals surface area contributed by atoms with E-state index in [1.807, 2.05) is 0 Å². The van der Waals surface area contributed by atoms with Gasteiger partial charge in [-0.15, -0.1) is 0 Å². The number of aromatic amines is 1. The second-order valence-corrected chi connectivity index (χ2v) is 5.97. The van der Waals surface area contributed by atoms with Crippen molar-refractivity contribution in [3.8, 4) is 0 Å². The largest absolute Gasteiger partial charge is 0.349 e. The number of rotatable bonds is 3. The normalized spacial score (nSPS) is 14.9. The molecule has 26 heavy (non-hydrogen) atoms. The molecule has 1 aliphatic heterocycles. The zero-order valence-corrected chi connectivity index (χ0v) is 13.7. The van der Waals surface area contributed by atoms with Gasteiger partial charge >= 0.3 is 0 Å². The Morgan fingerprint density at radius 2 is 1.88 bits per heavy atom. The monoisotopic (exact) mass is 362 g/mol. The highest BCUT2D eigenvalue weighted by atomic mass is 19.1. The number of amides is 2. The molecule has 0 unspecified atom stereocenters. The number of halogens is 2. The maximum Gasteiger partial charge on any atom is 0.274 e. The lowest BCUT2D eigenvalue weighted by Gasteiger charge is -2.32. The van der Waals surface area contributed by atoms with Crippen LogP contribution in [0.4, 0.5) is 8.78 Å². The van der Waals surface area contributed by atoms with E-state index in [0.717, 1.165) is 12.1 Å². The Hall–Kier alpha value is -3.10. The fraction of sp³-hybridized carbons (Fsp3) is 0.294. The molecule has 9 heteroatoms. The molecule has 2 aromatic rings. The van der Waals surface area contributed by atoms with Crippen molar-refractivity contribution in [2.75, 3.05) is 13.1 Å². The van der Waals surface area contributed by atoms with Crippen molar-refractivity contribution in [2.24, 2.45) is 0 Å². The van der Waals surface area contributed by atoms with E-state index in [2.05, 4.69) is 15.5 Å². The Kier molecular flexibility index (Phi) is 5.06. The van der Waals surface area contributed by atoms with Crippen LogP contribution in [0.5, 0.6) is 0 Å². The third-order valence-corrected chi connectivity index (χ3v) is 4.19. The first-order chi connectivity index (χ1) is 12.4. The molecule has 3 rings (SSSR count). The minimum absolute atomic E-state index is 0.139. The molecule has 2 amide bonds. The molecule has 2 N–H and O–H groups in total. The van der Waals surface area contributed by atoms with Crippen molar-refractivity contribution in [2.45, 2.75) is 18.9 Å². The van der Waals surface area contributed by atoms with E-state index in [-0.39, 0.29) is 23.2 Å². The van der Waals surface area contributed by atoms with Crippen LogP contribution in [0.3, 0.4) is 0 Å². The van der Waals surface area contributed by atoms with E-state index in [4.69, 9.17) is 0 Å². The van der Waals surface area contributed by atoms with Crippen molar-refractivity contribution >= 4 is 11.8 Å². The molecule has 2 heterocycles. The highest BCUT2D eigenvalue weighted by Crippen LogP contribution is 2.15. The maximum atomic E-state index is 13.7. The first kappa shape index (κ1) is 17.7. The topological polar surface area (TPSA) is 95.2 Å². The fourth-order valence-corrected chi connectivity index (χ4v) is 2.79. The van der Waals surface area contributed by atoms with Gasteiger partial charge in [0.1, 0.15) is 17.3 Å². The zero-order chi connectivity index (χ0) is 18.7. The first-order valence-electron chi connectivity index (χ1n) is 8.05. The number of carbonyl (C=O) groups excluding carboxylic acids is 2. The minimum Gasteiger partial charge on any atom is -0.349 e. The standard InChI is InChI=1S/C17H16F2N4O3/c18-10-1-2-12(13(19)9-10)16(25)20-11-5-7-23(8-6-11)17(26)14-3-4-15(24)22-21-14/h1-4,9,11H,5-8H2,(H,20,25)(H,22,24). The highest BCUT2D eigenvalue weighted by Gasteiger charge is 2.26. The number of hydrogen-bond donors (Lipinski definition) is 2. The van der Waals surface area contributed by atoms with Gasteiger partial charge in [-0.1, -0.05) is 0 Å². The Morgan fingerprint density at radius 3 is 2.50 bits per heavy atom. The van der Waals surface area contributed by atoms with Crippen LogP contribution >= 0.6 is 0 Å². The Morgan fingerprint density at radius 1 is 1.15 bits per heavy atom. The van der Waals surface area contributed by atoms with Crippen molar-refractivity contribution in [3.05, 3.63) is 63.6 Å². The summed E-state index contributed by atoms with van der Waals surface area (Å²) in [5.41, 5.74) is -0.473. The van der Waals surface area contributed by atoms with Gasteiger partial charge in [-0.25, -0.2) is 13.9 Å². The molecule has 0 aliphatic carbocycles. The molecule has 0 radical (unpaired) electrons. The lowest BCUT2D eigenvalue weighted by Crippen LogP contribution is -2.47. The number of piperidine rings is 1. The van der Waals surface area contributed by atoms with Crippen LogP contribution in [0, 0.1) is 11.6 Å². The van der Waals surface area contributed by atoms with Crippen LogP contribution in [0.15, 0.2) is 35.1 Å². The van der Waals surface area contributed by atoms with E-state index in [1.54, 1.807) is 4.90 Å². The molecule has 1 fully saturated rings. The summed E-state index contributed by atoms with van der Waals surface area (Å²) in [6.07, 6.45) is 0.979. The molecule has 0 atom stereocenters. The smallest absolute Gasteiger partial charge is 0.274 e. The Labute approximate surface area is 147 Å². The van der Waals surface area contributed by atoms with Gasteiger partial charge in [0, 0.05) is 31.3 Å². The number of hydrogen-bond acceptors (Lipinski definition) is 4. The summed E-state index contributed by atoms with van der Waals surface area (Å²) in [4.78, 5) is 37.0. The number of aromatic nitrogens is 2. The second kappa shape index (κ2) is 7.42. The number of nitrogens with one attached hydrogen (secondary N) is 2. The van der Waals surface area contributed by atoms with Gasteiger partial charge in [-0.2, -0.15) is 5.10 Å². The molecule has 1 aliphatic rings. The van der Waals surface area contributed by atoms with Crippen LogP contribution < -0.4 is 10.9 Å². The van der Waals surface area contributed by atoms with Gasteiger partial charge < -0.3 is 10.2 Å². The second-order valence-electron chi connectivity index (χ2n) is 5.97. The van der Waals surface area contributed by atoms with Crippen molar-refractivity contribution < 1.29 is 18.4 Å². The van der Waals surface area contributed by atoms with Crippen LogP contribution in [0.25, 0.3) is 0 Å². The molecule has 0 saturated carbocycles. The van der Waals surface area contributed by atoms with E-state index in [9.17, 15) is 23.2 Å². The first-order valence-corrected chi connectivity index (χ1v) is 8.05. The molecule has 1 aromatic carbocycles. The summed E-state index contributed by atoms with van der Waals surface area (Å²) in [5.74, 6) is -2.59. The number of H-pyrrole nitrogens is 1. The molecule has 0 bridgehead atoms. The summed E-state index contributed by atoms with van der Waals surface area (Å²) >= 11 is 0. The van der Waals surface area contributed by atoms with Gasteiger partial charge in [-0.05, 0) is 31.0 Å². The lowest BCUT2D eigenvalue weighted by atomic mass is 10.0. The Balaban J connectivity index is 1.56. The number of nitrogens with zero attached hydrogens (tertiary/aromatic N) is 2. The lowest BCUT2D eigenvalue weighted by molar-refractivity contribution is 0.0691. The maximum absolute atomic E-state index is 13.7. The van der Waals surface area contributed by atoms with Crippen molar-refractivity contribution in [3.63, 3.8) is 0 Å². The number of likely N-dealkylation sites (tertiary alicyclic amines) is 1. The SMILES string of the molecule is O=C(NC1CCN(C(=O)c2ccc(=O)[nH]n2)CC1)c1ccc(F)cc1F. The van der Waals surface area contributed by atoms with Gasteiger partial charge in [0.15, 0.2) is 0 Å². The van der Waals surface area contributed by atoms with Gasteiger partial charge in [0.05, 0.1) is 5.56 Å². The van der Waals surface area contributed by atoms with Gasteiger partial charge in [-0.3, -0.25) is 14.4 Å². The van der Waals surface area contributed by atoms with Gasteiger partial charge in [0.2, 0.25) is 0 Å². The van der Waals surface area contributed by atoms with Crippen LogP contribution in [-0.2, 0) is 0 Å². The van der Waals surface area contributed by atoms with Crippen LogP contribution in [-0.4, -0.2) is 46.0 Å². The quantitative estimate of drug-likeness (QED) is 0.854. The molecule has 136 valence electrons. The average molecular weight is 362 g/mol. The van der Waals surface area contributed by atoms with Crippen molar-refractivity contribution in [1.29, 1.82) is 0 Å². The van der Waals surface area contributed by atoms with Crippen molar-refractivity contribution in [1.82, 2.24) is 20.4 Å². The third-order valence-electron chi connectivity index (χ3n) is 4.19. The van der Waals surface area contributed by atoms with E-state index in [1.165, 1.54) is 12.1 Å². The van der Waals surface area contributed by atoms with Crippen LogP contribution in [0.1, 0.15) is 33.7 Å². The molecule has 0 spiro atoms. The summed E-state index contributed by atoms with van der Waals surface area (Å²) < 4.78 is 26.6. The molecular formula is C17H16F2N4O3. The fourth-order valence-electron chi connectivity index (χ4n) is 2.79.